The first-order chi connectivity index (χ1) is 18.8. The van der Waals surface area contributed by atoms with Gasteiger partial charge in [0.2, 0.25) is 0 Å². The summed E-state index contributed by atoms with van der Waals surface area (Å²) in [4.78, 5) is 27.9. The highest BCUT2D eigenvalue weighted by molar-refractivity contribution is 5.96. The second kappa shape index (κ2) is 12.1. The van der Waals surface area contributed by atoms with Gasteiger partial charge >= 0.3 is 5.69 Å². The Morgan fingerprint density at radius 3 is 2.44 bits per heavy atom. The van der Waals surface area contributed by atoms with Crippen molar-refractivity contribution >= 4 is 11.7 Å². The molecule has 6 N–H and O–H groups in total. The van der Waals surface area contributed by atoms with Crippen LogP contribution in [0.15, 0.2) is 71.5 Å². The van der Waals surface area contributed by atoms with Gasteiger partial charge in [0.1, 0.15) is 18.3 Å². The van der Waals surface area contributed by atoms with Gasteiger partial charge in [-0.05, 0) is 41.8 Å². The van der Waals surface area contributed by atoms with Gasteiger partial charge in [-0.3, -0.25) is 15.2 Å². The number of ether oxygens (including phenoxy) is 3. The Hall–Kier alpha value is -4.90. The third-order valence-corrected chi connectivity index (χ3v) is 6.20. The summed E-state index contributed by atoms with van der Waals surface area (Å²) < 4.78 is 17.6. The largest absolute Gasteiger partial charge is 0.493 e. The Morgan fingerprint density at radius 1 is 1.03 bits per heavy atom. The van der Waals surface area contributed by atoms with Crippen LogP contribution in [0.3, 0.4) is 0 Å². The van der Waals surface area contributed by atoms with Gasteiger partial charge in [0.05, 0.1) is 25.0 Å². The van der Waals surface area contributed by atoms with E-state index in [1.165, 1.54) is 0 Å². The Balaban J connectivity index is 1.78. The van der Waals surface area contributed by atoms with Gasteiger partial charge in [-0.25, -0.2) is 4.79 Å². The number of methoxy groups -OCH3 is 2. The number of hydrogen-bond acceptors (Lipinski definition) is 7. The third kappa shape index (κ3) is 6.16. The Labute approximate surface area is 224 Å². The summed E-state index contributed by atoms with van der Waals surface area (Å²) in [5, 5.41) is 12.2. The highest BCUT2D eigenvalue weighted by Crippen LogP contribution is 2.34. The zero-order valence-corrected chi connectivity index (χ0v) is 21.6. The van der Waals surface area contributed by atoms with E-state index in [0.29, 0.717) is 42.5 Å². The Bertz CT molecular complexity index is 1530. The van der Waals surface area contributed by atoms with Crippen molar-refractivity contribution < 1.29 is 19.0 Å². The SMILES string of the molecule is COCCOc1ccc(C(Cc2ccc(C(=N)N)cc2)c2nn(-c3ccccc3C(N)=O)c(=O)[nH]2)cc1OC. The molecular formula is C28H30N6O5. The van der Waals surface area contributed by atoms with Crippen molar-refractivity contribution in [1.82, 2.24) is 14.8 Å². The van der Waals surface area contributed by atoms with Crippen molar-refractivity contribution in [1.29, 1.82) is 5.41 Å². The van der Waals surface area contributed by atoms with E-state index >= 15 is 0 Å². The molecule has 202 valence electrons. The smallest absolute Gasteiger partial charge is 0.348 e. The molecule has 1 amide bonds. The number of carbonyl (C=O) groups is 1. The fourth-order valence-corrected chi connectivity index (χ4v) is 4.21. The molecule has 1 unspecified atom stereocenters. The second-order valence-corrected chi connectivity index (χ2v) is 8.73. The van der Waals surface area contributed by atoms with Gasteiger partial charge in [0.15, 0.2) is 11.5 Å². The first-order valence-corrected chi connectivity index (χ1v) is 12.1. The number of aromatic nitrogens is 3. The van der Waals surface area contributed by atoms with Crippen LogP contribution in [0.5, 0.6) is 11.5 Å². The molecule has 1 atom stereocenters. The molecule has 11 nitrogen and oxygen atoms in total. The number of para-hydroxylation sites is 1. The van der Waals surface area contributed by atoms with Crippen molar-refractivity contribution in [2.45, 2.75) is 12.3 Å². The highest BCUT2D eigenvalue weighted by Gasteiger charge is 2.23. The molecule has 1 heterocycles. The lowest BCUT2D eigenvalue weighted by Gasteiger charge is -2.18. The number of nitrogens with zero attached hydrogens (tertiary/aromatic N) is 2. The number of carbonyl (C=O) groups excluding carboxylic acids is 1. The Kier molecular flexibility index (Phi) is 8.42. The number of amidine groups is 1. The predicted octanol–water partition coefficient (Wildman–Crippen LogP) is 2.35. The third-order valence-electron chi connectivity index (χ3n) is 6.20. The van der Waals surface area contributed by atoms with Gasteiger partial charge in [0, 0.05) is 18.6 Å². The topological polar surface area (TPSA) is 171 Å². The minimum Gasteiger partial charge on any atom is -0.493 e. The fourth-order valence-electron chi connectivity index (χ4n) is 4.21. The molecule has 0 fully saturated rings. The van der Waals surface area contributed by atoms with Gasteiger partial charge in [-0.15, -0.1) is 5.10 Å². The van der Waals surface area contributed by atoms with Crippen LogP contribution in [0.4, 0.5) is 0 Å². The quantitative estimate of drug-likeness (QED) is 0.124. The summed E-state index contributed by atoms with van der Waals surface area (Å²) in [6.45, 7) is 0.782. The molecule has 0 radical (unpaired) electrons. The second-order valence-electron chi connectivity index (χ2n) is 8.73. The van der Waals surface area contributed by atoms with Crippen molar-refractivity contribution in [3.63, 3.8) is 0 Å². The molecule has 0 saturated heterocycles. The van der Waals surface area contributed by atoms with E-state index in [1.807, 2.05) is 24.3 Å². The van der Waals surface area contributed by atoms with Gasteiger partial charge < -0.3 is 25.7 Å². The number of aromatic amines is 1. The van der Waals surface area contributed by atoms with Crippen LogP contribution in [-0.4, -0.2) is 53.9 Å². The van der Waals surface area contributed by atoms with Crippen LogP contribution < -0.4 is 26.6 Å². The number of amides is 1. The number of rotatable bonds is 12. The first-order valence-electron chi connectivity index (χ1n) is 12.1. The van der Waals surface area contributed by atoms with E-state index in [2.05, 4.69) is 10.1 Å². The maximum absolute atomic E-state index is 13.0. The fraction of sp³-hybridized carbons (Fsp3) is 0.214. The normalized spacial score (nSPS) is 11.6. The molecule has 11 heteroatoms. The zero-order valence-electron chi connectivity index (χ0n) is 21.6. The van der Waals surface area contributed by atoms with E-state index in [-0.39, 0.29) is 17.1 Å². The van der Waals surface area contributed by atoms with Crippen LogP contribution in [-0.2, 0) is 11.2 Å². The monoisotopic (exact) mass is 530 g/mol. The standard InChI is InChI=1S/C28H30N6O5/c1-37-13-14-39-23-12-11-19(16-24(23)38-2)21(15-17-7-9-18(10-8-17)25(29)30)27-32-28(36)34(33-27)22-6-4-3-5-20(22)26(31)35/h3-12,16,21H,13-15H2,1-2H3,(H3,29,30)(H2,31,35)(H,32,33,36). The summed E-state index contributed by atoms with van der Waals surface area (Å²) in [6, 6.07) is 19.3. The number of primary amides is 1. The molecule has 3 aromatic carbocycles. The average molecular weight is 531 g/mol. The summed E-state index contributed by atoms with van der Waals surface area (Å²) >= 11 is 0. The molecule has 0 spiro atoms. The average Bonchev–Trinajstić information content (AvgIpc) is 3.33. The maximum atomic E-state index is 13.0. The van der Waals surface area contributed by atoms with Crippen LogP contribution in [0.25, 0.3) is 5.69 Å². The number of nitrogens with one attached hydrogen (secondary N) is 2. The lowest BCUT2D eigenvalue weighted by molar-refractivity contribution is 0.1000. The minimum absolute atomic E-state index is 0.0249. The maximum Gasteiger partial charge on any atom is 0.348 e. The predicted molar refractivity (Wildman–Crippen MR) is 146 cm³/mol. The van der Waals surface area contributed by atoms with Crippen LogP contribution in [0, 0.1) is 5.41 Å². The number of H-pyrrole nitrogens is 1. The first kappa shape index (κ1) is 27.1. The number of nitrogen functional groups attached to an aromatic ring is 1. The van der Waals surface area contributed by atoms with Gasteiger partial charge in [-0.2, -0.15) is 4.68 Å². The highest BCUT2D eigenvalue weighted by atomic mass is 16.5. The number of hydrogen-bond donors (Lipinski definition) is 4. The Morgan fingerprint density at radius 2 is 1.77 bits per heavy atom. The molecular weight excluding hydrogens is 500 g/mol. The molecule has 0 aliphatic rings. The summed E-state index contributed by atoms with van der Waals surface area (Å²) in [5.41, 5.74) is 13.4. The molecule has 4 rings (SSSR count). The molecule has 0 bridgehead atoms. The molecule has 39 heavy (non-hydrogen) atoms. The summed E-state index contributed by atoms with van der Waals surface area (Å²) in [5.74, 6) is 0.342. The molecule has 0 saturated carbocycles. The van der Waals surface area contributed by atoms with E-state index < -0.39 is 17.5 Å². The van der Waals surface area contributed by atoms with E-state index in [9.17, 15) is 9.59 Å². The lowest BCUT2D eigenvalue weighted by Crippen LogP contribution is -2.21. The summed E-state index contributed by atoms with van der Waals surface area (Å²) in [7, 11) is 3.15. The molecule has 4 aromatic rings. The van der Waals surface area contributed by atoms with E-state index in [0.717, 1.165) is 15.8 Å². The van der Waals surface area contributed by atoms with Crippen LogP contribution in [0.2, 0.25) is 0 Å². The van der Waals surface area contributed by atoms with Crippen molar-refractivity contribution in [3.8, 4) is 17.2 Å². The minimum atomic E-state index is -0.669. The van der Waals surface area contributed by atoms with Gasteiger partial charge in [-0.1, -0.05) is 42.5 Å². The van der Waals surface area contributed by atoms with Gasteiger partial charge in [0.25, 0.3) is 5.91 Å². The van der Waals surface area contributed by atoms with Crippen molar-refractivity contribution in [2.75, 3.05) is 27.4 Å². The molecule has 1 aromatic heterocycles. The van der Waals surface area contributed by atoms with Crippen LogP contribution in [0.1, 0.15) is 38.8 Å². The number of benzene rings is 3. The van der Waals surface area contributed by atoms with Crippen molar-refractivity contribution in [2.24, 2.45) is 11.5 Å². The molecule has 0 aliphatic heterocycles. The summed E-state index contributed by atoms with van der Waals surface area (Å²) in [6.07, 6.45) is 0.454. The number of nitrogens with two attached hydrogens (primary N) is 2. The van der Waals surface area contributed by atoms with Crippen molar-refractivity contribution in [3.05, 3.63) is 105 Å². The van der Waals surface area contributed by atoms with E-state index in [1.54, 1.807) is 56.7 Å². The van der Waals surface area contributed by atoms with E-state index in [4.69, 9.17) is 31.1 Å². The lowest BCUT2D eigenvalue weighted by atomic mass is 9.90. The van der Waals surface area contributed by atoms with Crippen LogP contribution >= 0.6 is 0 Å². The zero-order chi connectivity index (χ0) is 27.9. The molecule has 0 aliphatic carbocycles.